The van der Waals surface area contributed by atoms with Crippen LogP contribution in [0.2, 0.25) is 0 Å². The number of benzene rings is 2. The fraction of sp³-hybridized carbons (Fsp3) is 0.304. The molecule has 152 valence electrons. The molecule has 0 unspecified atom stereocenters. The standard InChI is InChI=1S/C23H26N2O3S/c1-23(2)14-17-8-9-18(28-3)12-19(17)20(25-23)13-21(26)15-4-6-16(7-5-15)22(27)24-10-11-29/h4-9,12-13,25,29H,10-11,14H2,1-3H3,(H,24,27)/b20-13-. The Morgan fingerprint density at radius 2 is 1.86 bits per heavy atom. The first kappa shape index (κ1) is 21.0. The summed E-state index contributed by atoms with van der Waals surface area (Å²) in [5, 5.41) is 6.23. The van der Waals surface area contributed by atoms with Crippen molar-refractivity contribution in [2.45, 2.75) is 25.8 Å². The number of amides is 1. The minimum Gasteiger partial charge on any atom is -0.497 e. The van der Waals surface area contributed by atoms with E-state index in [4.69, 9.17) is 4.74 Å². The predicted molar refractivity (Wildman–Crippen MR) is 119 cm³/mol. The molecule has 2 N–H and O–H groups in total. The zero-order valence-corrected chi connectivity index (χ0v) is 17.8. The minimum absolute atomic E-state index is 0.124. The molecule has 6 heteroatoms. The van der Waals surface area contributed by atoms with E-state index in [1.807, 2.05) is 18.2 Å². The number of methoxy groups -OCH3 is 1. The molecule has 1 aliphatic rings. The van der Waals surface area contributed by atoms with E-state index >= 15 is 0 Å². The highest BCUT2D eigenvalue weighted by Crippen LogP contribution is 2.32. The molecule has 1 aliphatic heterocycles. The Morgan fingerprint density at radius 3 is 2.52 bits per heavy atom. The van der Waals surface area contributed by atoms with Crippen LogP contribution in [0, 0.1) is 0 Å². The van der Waals surface area contributed by atoms with Crippen molar-refractivity contribution < 1.29 is 14.3 Å². The average molecular weight is 411 g/mol. The molecule has 0 saturated carbocycles. The summed E-state index contributed by atoms with van der Waals surface area (Å²) in [6, 6.07) is 12.6. The number of carbonyl (C=O) groups excluding carboxylic acids is 2. The van der Waals surface area contributed by atoms with Crippen LogP contribution in [0.15, 0.2) is 48.5 Å². The lowest BCUT2D eigenvalue weighted by molar-refractivity contribution is 0.0954. The summed E-state index contributed by atoms with van der Waals surface area (Å²) in [6.45, 7) is 4.71. The van der Waals surface area contributed by atoms with Crippen LogP contribution < -0.4 is 15.4 Å². The highest BCUT2D eigenvalue weighted by atomic mass is 32.1. The second-order valence-corrected chi connectivity index (χ2v) is 8.14. The van der Waals surface area contributed by atoms with E-state index < -0.39 is 0 Å². The summed E-state index contributed by atoms with van der Waals surface area (Å²) in [5.41, 5.74) is 3.80. The van der Waals surface area contributed by atoms with Crippen molar-refractivity contribution in [3.63, 3.8) is 0 Å². The van der Waals surface area contributed by atoms with Gasteiger partial charge in [-0.2, -0.15) is 12.6 Å². The molecule has 2 aromatic rings. The molecule has 0 atom stereocenters. The average Bonchev–Trinajstić information content (AvgIpc) is 2.71. The zero-order valence-electron chi connectivity index (χ0n) is 16.9. The van der Waals surface area contributed by atoms with Crippen LogP contribution in [0.25, 0.3) is 5.70 Å². The Bertz CT molecular complexity index is 949. The number of ether oxygens (including phenoxy) is 1. The van der Waals surface area contributed by atoms with E-state index in [1.165, 1.54) is 5.56 Å². The van der Waals surface area contributed by atoms with Crippen molar-refractivity contribution in [2.75, 3.05) is 19.4 Å². The molecule has 0 aromatic heterocycles. The number of rotatable bonds is 6. The lowest BCUT2D eigenvalue weighted by Gasteiger charge is -2.35. The molecule has 1 amide bonds. The monoisotopic (exact) mass is 410 g/mol. The van der Waals surface area contributed by atoms with Crippen LogP contribution in [0.3, 0.4) is 0 Å². The highest BCUT2D eigenvalue weighted by Gasteiger charge is 2.28. The fourth-order valence-electron chi connectivity index (χ4n) is 3.43. The number of fused-ring (bicyclic) bond motifs is 1. The van der Waals surface area contributed by atoms with Crippen LogP contribution in [0.4, 0.5) is 0 Å². The van der Waals surface area contributed by atoms with Gasteiger partial charge >= 0.3 is 0 Å². The van der Waals surface area contributed by atoms with Crippen molar-refractivity contribution in [3.05, 3.63) is 70.8 Å². The molecule has 0 saturated heterocycles. The molecule has 1 heterocycles. The maximum Gasteiger partial charge on any atom is 0.251 e. The number of allylic oxidation sites excluding steroid dienone is 1. The van der Waals surface area contributed by atoms with Gasteiger partial charge in [-0.3, -0.25) is 9.59 Å². The Morgan fingerprint density at radius 1 is 1.17 bits per heavy atom. The first-order valence-corrected chi connectivity index (χ1v) is 10.2. The normalized spacial score (nSPS) is 15.9. The van der Waals surface area contributed by atoms with Crippen molar-refractivity contribution >= 4 is 30.0 Å². The SMILES string of the molecule is COc1ccc2c(c1)/C(=C/C(=O)c1ccc(C(=O)NCCS)cc1)NC(C)(C)C2. The maximum atomic E-state index is 12.9. The van der Waals surface area contributed by atoms with Crippen LogP contribution in [-0.4, -0.2) is 36.6 Å². The molecular weight excluding hydrogens is 384 g/mol. The van der Waals surface area contributed by atoms with E-state index in [9.17, 15) is 9.59 Å². The molecule has 3 rings (SSSR count). The fourth-order valence-corrected chi connectivity index (χ4v) is 3.54. The lowest BCUT2D eigenvalue weighted by atomic mass is 9.85. The molecule has 0 aliphatic carbocycles. The van der Waals surface area contributed by atoms with Gasteiger partial charge in [-0.1, -0.05) is 18.2 Å². The van der Waals surface area contributed by atoms with Crippen LogP contribution in [0.1, 0.15) is 45.7 Å². The van der Waals surface area contributed by atoms with Crippen molar-refractivity contribution in [3.8, 4) is 5.75 Å². The van der Waals surface area contributed by atoms with E-state index in [-0.39, 0.29) is 17.2 Å². The Labute approximate surface area is 176 Å². The smallest absolute Gasteiger partial charge is 0.251 e. The molecule has 0 spiro atoms. The topological polar surface area (TPSA) is 67.4 Å². The summed E-state index contributed by atoms with van der Waals surface area (Å²) < 4.78 is 5.35. The van der Waals surface area contributed by atoms with Gasteiger partial charge in [0.1, 0.15) is 5.75 Å². The molecule has 2 aromatic carbocycles. The number of hydrogen-bond donors (Lipinski definition) is 3. The molecule has 29 heavy (non-hydrogen) atoms. The number of carbonyl (C=O) groups is 2. The van der Waals surface area contributed by atoms with Crippen LogP contribution >= 0.6 is 12.6 Å². The third kappa shape index (κ3) is 5.01. The first-order chi connectivity index (χ1) is 13.8. The van der Waals surface area contributed by atoms with Crippen LogP contribution in [-0.2, 0) is 6.42 Å². The second-order valence-electron chi connectivity index (χ2n) is 7.69. The molecule has 0 bridgehead atoms. The van der Waals surface area contributed by atoms with Gasteiger partial charge in [0, 0.05) is 46.3 Å². The largest absolute Gasteiger partial charge is 0.497 e. The van der Waals surface area contributed by atoms with Crippen molar-refractivity contribution in [1.29, 1.82) is 0 Å². The third-order valence-electron chi connectivity index (χ3n) is 4.82. The number of ketones is 1. The molecular formula is C23H26N2O3S. The number of hydrogen-bond acceptors (Lipinski definition) is 5. The molecule has 0 fully saturated rings. The molecule has 5 nitrogen and oxygen atoms in total. The Balaban J connectivity index is 1.87. The van der Waals surface area contributed by atoms with Crippen molar-refractivity contribution in [1.82, 2.24) is 10.6 Å². The quantitative estimate of drug-likeness (QED) is 0.387. The van der Waals surface area contributed by atoms with E-state index in [0.29, 0.717) is 23.4 Å². The highest BCUT2D eigenvalue weighted by molar-refractivity contribution is 7.80. The van der Waals surface area contributed by atoms with E-state index in [2.05, 4.69) is 37.1 Å². The maximum absolute atomic E-state index is 12.9. The zero-order chi connectivity index (χ0) is 21.0. The number of thiol groups is 1. The van der Waals surface area contributed by atoms with Crippen molar-refractivity contribution in [2.24, 2.45) is 0 Å². The first-order valence-electron chi connectivity index (χ1n) is 9.53. The van der Waals surface area contributed by atoms with Gasteiger partial charge in [0.2, 0.25) is 0 Å². The lowest BCUT2D eigenvalue weighted by Crippen LogP contribution is -2.43. The minimum atomic E-state index is -0.173. The van der Waals surface area contributed by atoms with Gasteiger partial charge < -0.3 is 15.4 Å². The summed E-state index contributed by atoms with van der Waals surface area (Å²) in [7, 11) is 1.63. The Kier molecular flexibility index (Phi) is 6.33. The summed E-state index contributed by atoms with van der Waals surface area (Å²) in [6.07, 6.45) is 2.48. The second kappa shape index (κ2) is 8.74. The van der Waals surface area contributed by atoms with Gasteiger partial charge in [-0.05, 0) is 50.1 Å². The predicted octanol–water partition coefficient (Wildman–Crippen LogP) is 3.50. The van der Waals surface area contributed by atoms with Gasteiger partial charge in [0.05, 0.1) is 7.11 Å². The number of nitrogens with one attached hydrogen (secondary N) is 2. The van der Waals surface area contributed by atoms with Gasteiger partial charge in [0.25, 0.3) is 5.91 Å². The van der Waals surface area contributed by atoms with E-state index in [0.717, 1.165) is 23.4 Å². The molecule has 0 radical (unpaired) electrons. The summed E-state index contributed by atoms with van der Waals surface area (Å²) in [4.78, 5) is 24.9. The van der Waals surface area contributed by atoms with Gasteiger partial charge in [-0.15, -0.1) is 0 Å². The summed E-state index contributed by atoms with van der Waals surface area (Å²) >= 11 is 4.08. The third-order valence-corrected chi connectivity index (χ3v) is 5.04. The van der Waals surface area contributed by atoms with Gasteiger partial charge in [-0.25, -0.2) is 0 Å². The van der Waals surface area contributed by atoms with Crippen LogP contribution in [0.5, 0.6) is 5.75 Å². The Hall–Kier alpha value is -2.73. The van der Waals surface area contributed by atoms with E-state index in [1.54, 1.807) is 37.5 Å². The summed E-state index contributed by atoms with van der Waals surface area (Å²) in [5.74, 6) is 1.03. The van der Waals surface area contributed by atoms with Gasteiger partial charge in [0.15, 0.2) is 5.78 Å².